The number of hydrogen-bond donors (Lipinski definition) is 2. The maximum atomic E-state index is 12.3. The highest BCUT2D eigenvalue weighted by atomic mass is 16.4. The van der Waals surface area contributed by atoms with Gasteiger partial charge in [-0.15, -0.1) is 0 Å². The molecule has 1 rings (SSSR count). The molecular weight excluding hydrogens is 260 g/mol. The van der Waals surface area contributed by atoms with Gasteiger partial charge in [0.15, 0.2) is 0 Å². The molecule has 0 fully saturated rings. The number of carboxylic acids is 1. The van der Waals surface area contributed by atoms with E-state index in [2.05, 4.69) is 0 Å². The van der Waals surface area contributed by atoms with Crippen molar-refractivity contribution in [2.75, 3.05) is 0 Å². The summed E-state index contributed by atoms with van der Waals surface area (Å²) in [6.45, 7) is 5.95. The fourth-order valence-electron chi connectivity index (χ4n) is 1.87. The third kappa shape index (κ3) is 4.70. The van der Waals surface area contributed by atoms with Gasteiger partial charge in [-0.2, -0.15) is 0 Å². The molecule has 0 saturated carbocycles. The number of carboxylic acid groups (broad SMARTS) is 1. The lowest BCUT2D eigenvalue weighted by molar-refractivity contribution is -0.138. The fourth-order valence-corrected chi connectivity index (χ4v) is 1.87. The Hall–Kier alpha value is -1.82. The Morgan fingerprint density at radius 3 is 2.50 bits per heavy atom. The van der Waals surface area contributed by atoms with Gasteiger partial charge in [0.05, 0.1) is 12.6 Å². The summed E-state index contributed by atoms with van der Waals surface area (Å²) in [7, 11) is 0. The second-order valence-electron chi connectivity index (χ2n) is 5.11. The largest absolute Gasteiger partial charge is 0.481 e. The second kappa shape index (κ2) is 7.09. The molecule has 1 amide bonds. The smallest absolute Gasteiger partial charge is 0.303 e. The maximum absolute atomic E-state index is 12.3. The van der Waals surface area contributed by atoms with Gasteiger partial charge in [0.25, 0.3) is 0 Å². The number of aryl methyl sites for hydroxylation is 1. The Labute approximate surface area is 118 Å². The summed E-state index contributed by atoms with van der Waals surface area (Å²) >= 11 is 0. The number of carbonyl (C=O) groups excluding carboxylic acids is 1. The van der Waals surface area contributed by atoms with E-state index >= 15 is 0 Å². The van der Waals surface area contributed by atoms with Crippen LogP contribution in [-0.4, -0.2) is 34.0 Å². The second-order valence-corrected chi connectivity index (χ2v) is 5.11. The molecular formula is C14H22N2O4. The van der Waals surface area contributed by atoms with Crippen LogP contribution in [0.1, 0.15) is 38.2 Å². The highest BCUT2D eigenvalue weighted by Gasteiger charge is 2.24. The first-order valence-electron chi connectivity index (χ1n) is 6.64. The molecule has 6 heteroatoms. The van der Waals surface area contributed by atoms with E-state index in [-0.39, 0.29) is 24.8 Å². The normalized spacial score (nSPS) is 12.4. The molecule has 0 aromatic carbocycles. The van der Waals surface area contributed by atoms with Crippen LogP contribution < -0.4 is 5.73 Å². The minimum atomic E-state index is -0.953. The Kier molecular flexibility index (Phi) is 5.76. The zero-order valence-corrected chi connectivity index (χ0v) is 12.1. The Bertz CT molecular complexity index is 467. The number of furan rings is 1. The van der Waals surface area contributed by atoms with Gasteiger partial charge in [-0.1, -0.05) is 0 Å². The first kappa shape index (κ1) is 16.2. The molecule has 0 bridgehead atoms. The molecule has 3 N–H and O–H groups in total. The van der Waals surface area contributed by atoms with Gasteiger partial charge in [0.1, 0.15) is 11.5 Å². The molecule has 1 aromatic rings. The molecule has 1 atom stereocenters. The van der Waals surface area contributed by atoms with E-state index in [1.807, 2.05) is 32.9 Å². The van der Waals surface area contributed by atoms with E-state index in [9.17, 15) is 9.59 Å². The first-order valence-corrected chi connectivity index (χ1v) is 6.64. The summed E-state index contributed by atoms with van der Waals surface area (Å²) in [6.07, 6.45) is 0.0211. The predicted molar refractivity (Wildman–Crippen MR) is 74.0 cm³/mol. The summed E-state index contributed by atoms with van der Waals surface area (Å²) in [5.41, 5.74) is 5.78. The maximum Gasteiger partial charge on any atom is 0.303 e. The minimum Gasteiger partial charge on any atom is -0.481 e. The topological polar surface area (TPSA) is 96.8 Å². The summed E-state index contributed by atoms with van der Waals surface area (Å²) < 4.78 is 5.46. The molecule has 6 nitrogen and oxygen atoms in total. The number of hydrogen-bond acceptors (Lipinski definition) is 4. The van der Waals surface area contributed by atoms with Crippen molar-refractivity contribution in [3.63, 3.8) is 0 Å². The van der Waals surface area contributed by atoms with Crippen LogP contribution in [0.15, 0.2) is 16.5 Å². The molecule has 0 aliphatic rings. The fraction of sp³-hybridized carbons (Fsp3) is 0.571. The number of rotatable bonds is 7. The molecule has 0 saturated heterocycles. The average Bonchev–Trinajstić information content (AvgIpc) is 2.77. The van der Waals surface area contributed by atoms with Crippen LogP contribution in [0.4, 0.5) is 0 Å². The van der Waals surface area contributed by atoms with Crippen molar-refractivity contribution in [2.45, 2.75) is 52.2 Å². The lowest BCUT2D eigenvalue weighted by Crippen LogP contribution is -2.46. The highest BCUT2D eigenvalue weighted by Crippen LogP contribution is 2.14. The molecule has 1 unspecified atom stereocenters. The lowest BCUT2D eigenvalue weighted by atomic mass is 10.1. The standard InChI is InChI=1S/C14H22N2O4/c1-9(2)16(8-11-5-4-10(3)20-11)14(19)12(15)6-7-13(17)18/h4-5,9,12H,6-8,15H2,1-3H3,(H,17,18). The Morgan fingerprint density at radius 1 is 1.40 bits per heavy atom. The average molecular weight is 282 g/mol. The molecule has 1 heterocycles. The van der Waals surface area contributed by atoms with Crippen LogP contribution in [-0.2, 0) is 16.1 Å². The summed E-state index contributed by atoms with van der Waals surface area (Å²) in [5.74, 6) is 0.266. The monoisotopic (exact) mass is 282 g/mol. The van der Waals surface area contributed by atoms with Gasteiger partial charge in [-0.25, -0.2) is 0 Å². The van der Waals surface area contributed by atoms with Crippen LogP contribution in [0.5, 0.6) is 0 Å². The van der Waals surface area contributed by atoms with E-state index in [0.29, 0.717) is 12.3 Å². The van der Waals surface area contributed by atoms with Gasteiger partial charge in [-0.05, 0) is 39.3 Å². The van der Waals surface area contributed by atoms with Gasteiger partial charge in [-0.3, -0.25) is 9.59 Å². The van der Waals surface area contributed by atoms with Crippen molar-refractivity contribution in [2.24, 2.45) is 5.73 Å². The van der Waals surface area contributed by atoms with Crippen LogP contribution >= 0.6 is 0 Å². The minimum absolute atomic E-state index is 0.0382. The number of nitrogens with two attached hydrogens (primary N) is 1. The van der Waals surface area contributed by atoms with Gasteiger partial charge >= 0.3 is 5.97 Å². The molecule has 1 aromatic heterocycles. The van der Waals surface area contributed by atoms with Crippen LogP contribution in [0.2, 0.25) is 0 Å². The molecule has 0 spiro atoms. The molecule has 20 heavy (non-hydrogen) atoms. The summed E-state index contributed by atoms with van der Waals surface area (Å²) in [4.78, 5) is 24.4. The highest BCUT2D eigenvalue weighted by molar-refractivity contribution is 5.82. The first-order chi connectivity index (χ1) is 9.31. The quantitative estimate of drug-likeness (QED) is 0.790. The van der Waals surface area contributed by atoms with E-state index in [1.54, 1.807) is 4.90 Å². The number of amides is 1. The van der Waals surface area contributed by atoms with Crippen molar-refractivity contribution in [3.05, 3.63) is 23.7 Å². The van der Waals surface area contributed by atoms with Crippen molar-refractivity contribution < 1.29 is 19.1 Å². The molecule has 0 aliphatic carbocycles. The van der Waals surface area contributed by atoms with Gasteiger partial charge in [0.2, 0.25) is 5.91 Å². The number of carbonyl (C=O) groups is 2. The zero-order valence-electron chi connectivity index (χ0n) is 12.1. The lowest BCUT2D eigenvalue weighted by Gasteiger charge is -2.28. The summed E-state index contributed by atoms with van der Waals surface area (Å²) in [6, 6.07) is 2.82. The Balaban J connectivity index is 2.69. The van der Waals surface area contributed by atoms with Crippen molar-refractivity contribution >= 4 is 11.9 Å². The number of aliphatic carboxylic acids is 1. The third-order valence-electron chi connectivity index (χ3n) is 3.02. The van der Waals surface area contributed by atoms with Crippen molar-refractivity contribution in [1.82, 2.24) is 4.90 Å². The van der Waals surface area contributed by atoms with Crippen LogP contribution in [0.25, 0.3) is 0 Å². The Morgan fingerprint density at radius 2 is 2.05 bits per heavy atom. The zero-order chi connectivity index (χ0) is 15.3. The molecule has 112 valence electrons. The number of nitrogens with zero attached hydrogens (tertiary/aromatic N) is 1. The van der Waals surface area contributed by atoms with Crippen molar-refractivity contribution in [1.29, 1.82) is 0 Å². The SMILES string of the molecule is Cc1ccc(CN(C(=O)C(N)CCC(=O)O)C(C)C)o1. The van der Waals surface area contributed by atoms with E-state index in [0.717, 1.165) is 5.76 Å². The van der Waals surface area contributed by atoms with Gasteiger partial charge < -0.3 is 20.2 Å². The van der Waals surface area contributed by atoms with E-state index < -0.39 is 12.0 Å². The summed E-state index contributed by atoms with van der Waals surface area (Å²) in [5, 5.41) is 8.63. The van der Waals surface area contributed by atoms with Gasteiger partial charge in [0, 0.05) is 12.5 Å². The molecule has 0 aliphatic heterocycles. The van der Waals surface area contributed by atoms with Crippen molar-refractivity contribution in [3.8, 4) is 0 Å². The predicted octanol–water partition coefficient (Wildman–Crippen LogP) is 1.52. The van der Waals surface area contributed by atoms with E-state index in [4.69, 9.17) is 15.3 Å². The van der Waals surface area contributed by atoms with E-state index in [1.165, 1.54) is 0 Å². The third-order valence-corrected chi connectivity index (χ3v) is 3.02. The van der Waals surface area contributed by atoms with Crippen LogP contribution in [0.3, 0.4) is 0 Å². The molecule has 0 radical (unpaired) electrons. The van der Waals surface area contributed by atoms with Crippen LogP contribution in [0, 0.1) is 6.92 Å².